The van der Waals surface area contributed by atoms with Gasteiger partial charge >= 0.3 is 0 Å². The van der Waals surface area contributed by atoms with E-state index >= 15 is 0 Å². The molecule has 0 amide bonds. The predicted octanol–water partition coefficient (Wildman–Crippen LogP) is -0.0575. The van der Waals surface area contributed by atoms with Crippen molar-refractivity contribution in [3.63, 3.8) is 0 Å². The average molecular weight is 119 g/mol. The Balaban J connectivity index is 1.93. The molecule has 1 saturated heterocycles. The van der Waals surface area contributed by atoms with Crippen molar-refractivity contribution in [2.45, 2.75) is 0 Å². The molecule has 0 unspecified atom stereocenters. The first-order valence-electron chi connectivity index (χ1n) is 2.34. The molecule has 0 spiro atoms. The highest BCUT2D eigenvalue weighted by atomic mass is 32.2. The topological polar surface area (TPSA) is 23.5 Å². The summed E-state index contributed by atoms with van der Waals surface area (Å²) < 4.78 is 0. The number of thioether (sulfide) groups is 1. The van der Waals surface area contributed by atoms with Gasteiger partial charge in [0.25, 0.3) is 0 Å². The zero-order chi connectivity index (χ0) is 5.11. The number of hydrogen-bond donors (Lipinski definition) is 1. The van der Waals surface area contributed by atoms with Gasteiger partial charge in [0.05, 0.1) is 6.61 Å². The van der Waals surface area contributed by atoms with Crippen LogP contribution in [0.3, 0.4) is 0 Å². The highest BCUT2D eigenvalue weighted by Crippen LogP contribution is 2.16. The molecule has 0 bridgehead atoms. The minimum atomic E-state index is 0.306. The molecule has 0 saturated carbocycles. The van der Waals surface area contributed by atoms with E-state index in [0.29, 0.717) is 6.61 Å². The molecule has 1 rings (SSSR count). The molecule has 2 nitrogen and oxygen atoms in total. The Morgan fingerprint density at radius 1 is 1.57 bits per heavy atom. The molecule has 1 N–H and O–H groups in total. The second kappa shape index (κ2) is 2.55. The molecule has 0 aliphatic carbocycles. The third-order valence-electron chi connectivity index (χ3n) is 0.964. The van der Waals surface area contributed by atoms with Crippen molar-refractivity contribution < 1.29 is 5.11 Å². The van der Waals surface area contributed by atoms with Gasteiger partial charge in [0.15, 0.2) is 0 Å². The minimum Gasteiger partial charge on any atom is -0.395 e. The Kier molecular flexibility index (Phi) is 1.97. The standard InChI is InChI=1S/C4H9NOS/c6-2-1-5-3-7-4-5/h6H,1-4H2. The average Bonchev–Trinajstić information content (AvgIpc) is 1.55. The van der Waals surface area contributed by atoms with Crippen molar-refractivity contribution in [3.8, 4) is 0 Å². The maximum Gasteiger partial charge on any atom is 0.0559 e. The molecule has 0 aromatic heterocycles. The molecule has 1 aliphatic heterocycles. The van der Waals surface area contributed by atoms with Gasteiger partial charge in [0.1, 0.15) is 0 Å². The monoisotopic (exact) mass is 119 g/mol. The van der Waals surface area contributed by atoms with E-state index in [0.717, 1.165) is 18.3 Å². The molecule has 1 aliphatic rings. The van der Waals surface area contributed by atoms with Crippen molar-refractivity contribution in [3.05, 3.63) is 0 Å². The van der Waals surface area contributed by atoms with Crippen LogP contribution in [0.4, 0.5) is 0 Å². The second-order valence-electron chi connectivity index (χ2n) is 1.58. The van der Waals surface area contributed by atoms with E-state index in [1.807, 2.05) is 11.8 Å². The Morgan fingerprint density at radius 2 is 2.29 bits per heavy atom. The Hall–Kier alpha value is 0.270. The van der Waals surface area contributed by atoms with Crippen molar-refractivity contribution in [2.24, 2.45) is 0 Å². The maximum absolute atomic E-state index is 8.35. The van der Waals surface area contributed by atoms with Gasteiger partial charge in [-0.2, -0.15) is 0 Å². The van der Waals surface area contributed by atoms with Crippen LogP contribution in [0.15, 0.2) is 0 Å². The Bertz CT molecular complexity index is 55.7. The van der Waals surface area contributed by atoms with Crippen LogP contribution in [0.2, 0.25) is 0 Å². The number of aliphatic hydroxyl groups excluding tert-OH is 1. The number of nitrogens with zero attached hydrogens (tertiary/aromatic N) is 1. The molecule has 0 aromatic rings. The van der Waals surface area contributed by atoms with Crippen LogP contribution in [-0.2, 0) is 0 Å². The fourth-order valence-electron chi connectivity index (χ4n) is 0.491. The summed E-state index contributed by atoms with van der Waals surface area (Å²) in [6, 6.07) is 0. The third kappa shape index (κ3) is 1.33. The fourth-order valence-corrected chi connectivity index (χ4v) is 1.19. The highest BCUT2D eigenvalue weighted by molar-refractivity contribution is 8.00. The van der Waals surface area contributed by atoms with Crippen LogP contribution in [-0.4, -0.2) is 34.9 Å². The Morgan fingerprint density at radius 3 is 2.43 bits per heavy atom. The third-order valence-corrected chi connectivity index (χ3v) is 2.06. The number of β-amino-alcohol motifs (C(OH)–C–C–N with tert-alkyl or cyclic N) is 1. The summed E-state index contributed by atoms with van der Waals surface area (Å²) in [4.78, 5) is 2.20. The lowest BCUT2D eigenvalue weighted by atomic mass is 10.6. The van der Waals surface area contributed by atoms with Crippen LogP contribution in [0, 0.1) is 0 Å². The normalized spacial score (nSPS) is 21.9. The van der Waals surface area contributed by atoms with Gasteiger partial charge < -0.3 is 5.11 Å². The van der Waals surface area contributed by atoms with Crippen molar-refractivity contribution in [1.29, 1.82) is 0 Å². The first-order chi connectivity index (χ1) is 3.43. The first-order valence-corrected chi connectivity index (χ1v) is 3.50. The molecule has 0 radical (unpaired) electrons. The van der Waals surface area contributed by atoms with E-state index in [1.54, 1.807) is 0 Å². The van der Waals surface area contributed by atoms with E-state index in [4.69, 9.17) is 5.11 Å². The smallest absolute Gasteiger partial charge is 0.0559 e. The molecule has 1 fully saturated rings. The number of rotatable bonds is 2. The van der Waals surface area contributed by atoms with Crippen molar-refractivity contribution in [2.75, 3.05) is 24.9 Å². The van der Waals surface area contributed by atoms with Gasteiger partial charge in [0.2, 0.25) is 0 Å². The van der Waals surface area contributed by atoms with Gasteiger partial charge in [0, 0.05) is 18.3 Å². The van der Waals surface area contributed by atoms with Crippen LogP contribution in [0.5, 0.6) is 0 Å². The summed E-state index contributed by atoms with van der Waals surface area (Å²) >= 11 is 1.90. The fraction of sp³-hybridized carbons (Fsp3) is 1.00. The van der Waals surface area contributed by atoms with E-state index < -0.39 is 0 Å². The maximum atomic E-state index is 8.35. The molecule has 7 heavy (non-hydrogen) atoms. The molecule has 1 heterocycles. The molecule has 3 heteroatoms. The van der Waals surface area contributed by atoms with Crippen molar-refractivity contribution >= 4 is 11.8 Å². The summed E-state index contributed by atoms with van der Waals surface area (Å²) in [6.45, 7) is 1.16. The van der Waals surface area contributed by atoms with E-state index in [-0.39, 0.29) is 0 Å². The second-order valence-corrected chi connectivity index (χ2v) is 2.51. The van der Waals surface area contributed by atoms with Gasteiger partial charge in [-0.05, 0) is 0 Å². The zero-order valence-electron chi connectivity index (χ0n) is 4.13. The number of hydrogen-bond acceptors (Lipinski definition) is 3. The van der Waals surface area contributed by atoms with Crippen LogP contribution in [0.1, 0.15) is 0 Å². The quantitative estimate of drug-likeness (QED) is 0.551. The van der Waals surface area contributed by atoms with Crippen molar-refractivity contribution in [1.82, 2.24) is 4.90 Å². The van der Waals surface area contributed by atoms with Gasteiger partial charge in [-0.1, -0.05) is 0 Å². The minimum absolute atomic E-state index is 0.306. The lowest BCUT2D eigenvalue weighted by Gasteiger charge is -2.28. The summed E-state index contributed by atoms with van der Waals surface area (Å²) in [5.74, 6) is 2.22. The zero-order valence-corrected chi connectivity index (χ0v) is 4.95. The van der Waals surface area contributed by atoms with Crippen LogP contribution < -0.4 is 0 Å². The van der Waals surface area contributed by atoms with Gasteiger partial charge in [-0.25, -0.2) is 0 Å². The summed E-state index contributed by atoms with van der Waals surface area (Å²) in [7, 11) is 0. The van der Waals surface area contributed by atoms with Gasteiger partial charge in [-0.15, -0.1) is 11.8 Å². The molecular formula is C4H9NOS. The van der Waals surface area contributed by atoms with Gasteiger partial charge in [-0.3, -0.25) is 4.90 Å². The highest BCUT2D eigenvalue weighted by Gasteiger charge is 2.11. The SMILES string of the molecule is OCCN1CSC1. The van der Waals surface area contributed by atoms with Crippen LogP contribution >= 0.6 is 11.8 Å². The predicted molar refractivity (Wildman–Crippen MR) is 31.1 cm³/mol. The summed E-state index contributed by atoms with van der Waals surface area (Å²) in [6.07, 6.45) is 0. The lowest BCUT2D eigenvalue weighted by Crippen LogP contribution is -2.34. The summed E-state index contributed by atoms with van der Waals surface area (Å²) in [5.41, 5.74) is 0. The lowest BCUT2D eigenvalue weighted by molar-refractivity contribution is 0.224. The summed E-state index contributed by atoms with van der Waals surface area (Å²) in [5, 5.41) is 8.35. The molecule has 0 atom stereocenters. The molecule has 0 aromatic carbocycles. The number of aliphatic hydroxyl groups is 1. The molecule has 42 valence electrons. The van der Waals surface area contributed by atoms with E-state index in [2.05, 4.69) is 4.90 Å². The first kappa shape index (κ1) is 5.41. The molecular weight excluding hydrogens is 110 g/mol. The largest absolute Gasteiger partial charge is 0.395 e. The van der Waals surface area contributed by atoms with Crippen LogP contribution in [0.25, 0.3) is 0 Å². The Labute approximate surface area is 47.5 Å². The van der Waals surface area contributed by atoms with E-state index in [1.165, 1.54) is 0 Å². The van der Waals surface area contributed by atoms with E-state index in [9.17, 15) is 0 Å².